The van der Waals surface area contributed by atoms with Gasteiger partial charge in [0.15, 0.2) is 5.76 Å². The fraction of sp³-hybridized carbons (Fsp3) is 0.447. The van der Waals surface area contributed by atoms with E-state index in [-0.39, 0.29) is 23.2 Å². The number of aromatic nitrogens is 2. The topological polar surface area (TPSA) is 111 Å². The van der Waals surface area contributed by atoms with Gasteiger partial charge < -0.3 is 29.8 Å². The van der Waals surface area contributed by atoms with Crippen LogP contribution < -0.4 is 20.7 Å². The number of carbonyl (C=O) groups is 1. The molecule has 3 heterocycles. The molecule has 250 valence electrons. The number of aryl methyl sites for hydroxylation is 1. The lowest BCUT2D eigenvalue weighted by atomic mass is 9.69. The number of anilines is 2. The van der Waals surface area contributed by atoms with Gasteiger partial charge in [-0.1, -0.05) is 65.0 Å². The number of furan rings is 1. The maximum absolute atomic E-state index is 12.9. The van der Waals surface area contributed by atoms with E-state index in [4.69, 9.17) is 13.9 Å². The molecular formula is C38H49N5O4. The minimum Gasteiger partial charge on any atom is -0.426 e. The first kappa shape index (κ1) is 34.0. The van der Waals surface area contributed by atoms with Crippen molar-refractivity contribution in [2.45, 2.75) is 97.8 Å². The Kier molecular flexibility index (Phi) is 11.2. The number of fused-ring (bicyclic) bond motifs is 1. The van der Waals surface area contributed by atoms with E-state index in [1.165, 1.54) is 17.5 Å². The molecule has 0 spiro atoms. The second-order valence-electron chi connectivity index (χ2n) is 12.9. The van der Waals surface area contributed by atoms with Crippen molar-refractivity contribution in [2.24, 2.45) is 0 Å². The number of carbonyl (C=O) groups excluding carboxylic acids is 1. The summed E-state index contributed by atoms with van der Waals surface area (Å²) in [5, 5.41) is 9.58. The van der Waals surface area contributed by atoms with Crippen LogP contribution in [0.15, 0.2) is 65.2 Å². The highest BCUT2D eigenvalue weighted by atomic mass is 16.6. The van der Waals surface area contributed by atoms with Gasteiger partial charge in [0.25, 0.3) is 11.9 Å². The summed E-state index contributed by atoms with van der Waals surface area (Å²) in [6, 6.07) is 17.6. The van der Waals surface area contributed by atoms with Crippen LogP contribution in [0.25, 0.3) is 0 Å². The quantitative estimate of drug-likeness (QED) is 0.150. The number of nitrogens with zero attached hydrogens (tertiary/aromatic N) is 2. The Morgan fingerprint density at radius 2 is 1.83 bits per heavy atom. The number of nitrogens with one attached hydrogen (secondary N) is 3. The second-order valence-corrected chi connectivity index (χ2v) is 12.9. The number of ether oxygens (including phenoxy) is 2. The predicted octanol–water partition coefficient (Wildman–Crippen LogP) is 8.50. The highest BCUT2D eigenvalue weighted by Gasteiger charge is 2.32. The SMILES string of the molecule is CC.Cc1cc2c(cc1Oc1ccc(C(=O)NCc3cccc(CNc4ccnc(NC[C@H]5CCCO5)n4)c3)o1)C(C)CCC2(C)C. The lowest BCUT2D eigenvalue weighted by Crippen LogP contribution is -2.25. The zero-order chi connectivity index (χ0) is 33.4. The fourth-order valence-corrected chi connectivity index (χ4v) is 6.14. The number of benzene rings is 2. The van der Waals surface area contributed by atoms with Crippen LogP contribution in [0.3, 0.4) is 0 Å². The molecule has 0 bridgehead atoms. The van der Waals surface area contributed by atoms with Crippen LogP contribution in [0.5, 0.6) is 11.7 Å². The first-order valence-corrected chi connectivity index (χ1v) is 16.9. The average molecular weight is 640 g/mol. The minimum absolute atomic E-state index is 0.153. The van der Waals surface area contributed by atoms with Gasteiger partial charge in [-0.2, -0.15) is 4.98 Å². The molecule has 1 amide bonds. The van der Waals surface area contributed by atoms with Crippen molar-refractivity contribution >= 4 is 17.7 Å². The molecular weight excluding hydrogens is 590 g/mol. The molecule has 2 atom stereocenters. The van der Waals surface area contributed by atoms with Gasteiger partial charge in [0.05, 0.1) is 6.10 Å². The molecule has 1 aliphatic heterocycles. The molecule has 1 saturated heterocycles. The van der Waals surface area contributed by atoms with E-state index in [1.54, 1.807) is 18.3 Å². The summed E-state index contributed by atoms with van der Waals surface area (Å²) in [7, 11) is 0. The van der Waals surface area contributed by atoms with Gasteiger partial charge in [-0.15, -0.1) is 0 Å². The second kappa shape index (κ2) is 15.5. The normalized spacial score (nSPS) is 18.0. The molecule has 2 aromatic carbocycles. The Balaban J connectivity index is 0.00000213. The fourth-order valence-electron chi connectivity index (χ4n) is 6.14. The van der Waals surface area contributed by atoms with Crippen LogP contribution in [-0.4, -0.2) is 35.1 Å². The van der Waals surface area contributed by atoms with Crippen molar-refractivity contribution in [1.29, 1.82) is 0 Å². The number of rotatable bonds is 11. The van der Waals surface area contributed by atoms with Crippen LogP contribution in [0, 0.1) is 6.92 Å². The highest BCUT2D eigenvalue weighted by molar-refractivity contribution is 5.91. The maximum atomic E-state index is 12.9. The van der Waals surface area contributed by atoms with E-state index in [0.717, 1.165) is 54.1 Å². The van der Waals surface area contributed by atoms with E-state index in [9.17, 15) is 4.79 Å². The number of hydrogen-bond donors (Lipinski definition) is 3. The molecule has 2 aromatic heterocycles. The first-order chi connectivity index (χ1) is 22.7. The molecule has 47 heavy (non-hydrogen) atoms. The summed E-state index contributed by atoms with van der Waals surface area (Å²) in [5.74, 6) is 2.77. The third-order valence-corrected chi connectivity index (χ3v) is 8.91. The van der Waals surface area contributed by atoms with Crippen molar-refractivity contribution in [3.05, 3.63) is 94.4 Å². The maximum Gasteiger partial charge on any atom is 0.290 e. The zero-order valence-corrected chi connectivity index (χ0v) is 28.6. The Labute approximate surface area is 278 Å². The van der Waals surface area contributed by atoms with Gasteiger partial charge in [-0.25, -0.2) is 4.98 Å². The van der Waals surface area contributed by atoms with Gasteiger partial charge in [0.1, 0.15) is 11.6 Å². The van der Waals surface area contributed by atoms with E-state index in [1.807, 2.05) is 38.1 Å². The molecule has 9 heteroatoms. The lowest BCUT2D eigenvalue weighted by molar-refractivity contribution is 0.0918. The predicted molar refractivity (Wildman–Crippen MR) is 186 cm³/mol. The molecule has 1 fully saturated rings. The summed E-state index contributed by atoms with van der Waals surface area (Å²) < 4.78 is 17.6. The van der Waals surface area contributed by atoms with E-state index in [2.05, 4.69) is 71.8 Å². The molecule has 9 nitrogen and oxygen atoms in total. The van der Waals surface area contributed by atoms with Crippen molar-refractivity contribution in [3.8, 4) is 11.7 Å². The van der Waals surface area contributed by atoms with Crippen molar-refractivity contribution in [2.75, 3.05) is 23.8 Å². The number of amides is 1. The average Bonchev–Trinajstić information content (AvgIpc) is 3.79. The Morgan fingerprint density at radius 3 is 2.62 bits per heavy atom. The molecule has 1 aliphatic carbocycles. The van der Waals surface area contributed by atoms with Gasteiger partial charge in [0.2, 0.25) is 5.95 Å². The standard InChI is InChI=1S/C36H43N5O4.C2H6/c1-23-12-14-36(3,4)29-17-24(2)31(19-28(23)29)45-33-11-10-30(44-33)34(42)39-21-26-8-5-7-25(18-26)20-38-32-13-15-37-35(41-32)40-22-27-9-6-16-43-27;1-2/h5,7-8,10-11,13,15,17-19,23,27H,6,9,12,14,16,20-22H2,1-4H3,(H,39,42)(H2,37,38,40,41);1-2H3/t23?,27-;/m1./s1. The summed E-state index contributed by atoms with van der Waals surface area (Å²) in [6.45, 7) is 15.4. The van der Waals surface area contributed by atoms with Crippen LogP contribution in [0.2, 0.25) is 0 Å². The summed E-state index contributed by atoms with van der Waals surface area (Å²) in [4.78, 5) is 21.8. The van der Waals surface area contributed by atoms with Crippen molar-refractivity contribution in [1.82, 2.24) is 15.3 Å². The van der Waals surface area contributed by atoms with E-state index >= 15 is 0 Å². The first-order valence-electron chi connectivity index (χ1n) is 16.9. The van der Waals surface area contributed by atoms with Crippen molar-refractivity contribution < 1.29 is 18.7 Å². The summed E-state index contributed by atoms with van der Waals surface area (Å²) >= 11 is 0. The minimum atomic E-state index is -0.296. The Morgan fingerprint density at radius 1 is 1.02 bits per heavy atom. The van der Waals surface area contributed by atoms with Gasteiger partial charge >= 0.3 is 0 Å². The molecule has 0 saturated carbocycles. The zero-order valence-electron chi connectivity index (χ0n) is 28.6. The summed E-state index contributed by atoms with van der Waals surface area (Å²) in [5.41, 5.74) is 5.98. The molecule has 0 radical (unpaired) electrons. The summed E-state index contributed by atoms with van der Waals surface area (Å²) in [6.07, 6.45) is 6.45. The van der Waals surface area contributed by atoms with Crippen LogP contribution in [0.4, 0.5) is 11.8 Å². The van der Waals surface area contributed by atoms with Crippen molar-refractivity contribution in [3.63, 3.8) is 0 Å². The molecule has 4 aromatic rings. The van der Waals surface area contributed by atoms with Crippen LogP contribution in [-0.2, 0) is 23.2 Å². The third kappa shape index (κ3) is 8.71. The van der Waals surface area contributed by atoms with Gasteiger partial charge in [0, 0.05) is 38.5 Å². The third-order valence-electron chi connectivity index (χ3n) is 8.91. The van der Waals surface area contributed by atoms with E-state index in [0.29, 0.717) is 37.4 Å². The van der Waals surface area contributed by atoms with Gasteiger partial charge in [-0.3, -0.25) is 4.79 Å². The van der Waals surface area contributed by atoms with Gasteiger partial charge in [-0.05, 0) is 90.0 Å². The Bertz CT molecular complexity index is 1640. The molecule has 2 aliphatic rings. The smallest absolute Gasteiger partial charge is 0.290 e. The molecule has 6 rings (SSSR count). The lowest BCUT2D eigenvalue weighted by Gasteiger charge is -2.36. The largest absolute Gasteiger partial charge is 0.426 e. The van der Waals surface area contributed by atoms with Crippen LogP contribution >= 0.6 is 0 Å². The highest BCUT2D eigenvalue weighted by Crippen LogP contribution is 2.45. The Hall–Kier alpha value is -4.37. The monoisotopic (exact) mass is 639 g/mol. The number of hydrogen-bond acceptors (Lipinski definition) is 8. The van der Waals surface area contributed by atoms with E-state index < -0.39 is 0 Å². The molecule has 3 N–H and O–H groups in total. The van der Waals surface area contributed by atoms with Crippen LogP contribution in [0.1, 0.15) is 105 Å². The molecule has 1 unspecified atom stereocenters.